The number of halogens is 2. The van der Waals surface area contributed by atoms with E-state index in [0.717, 1.165) is 28.8 Å². The number of nitrogens with two attached hydrogens (primary N) is 1. The van der Waals surface area contributed by atoms with Crippen molar-refractivity contribution in [1.82, 2.24) is 0 Å². The second-order valence-electron chi connectivity index (χ2n) is 3.50. The molecule has 13 heavy (non-hydrogen) atoms. The molecule has 0 bridgehead atoms. The summed E-state index contributed by atoms with van der Waals surface area (Å²) in [5.74, 6) is 0. The Morgan fingerprint density at radius 1 is 1.46 bits per heavy atom. The first-order valence-corrected chi connectivity index (χ1v) is 5.57. The highest BCUT2D eigenvalue weighted by Crippen LogP contribution is 2.33. The van der Waals surface area contributed by atoms with E-state index < -0.39 is 0 Å². The first-order chi connectivity index (χ1) is 6.18. The molecule has 1 aromatic rings. The van der Waals surface area contributed by atoms with Crippen LogP contribution in [0.2, 0.25) is 5.02 Å². The molecule has 0 radical (unpaired) electrons. The lowest BCUT2D eigenvalue weighted by Gasteiger charge is -2.22. The molecule has 0 heterocycles. The first kappa shape index (κ1) is 9.50. The third-order valence-corrected chi connectivity index (χ3v) is 3.86. The van der Waals surface area contributed by atoms with Crippen molar-refractivity contribution in [2.45, 2.75) is 25.3 Å². The fourth-order valence-electron chi connectivity index (χ4n) is 1.81. The van der Waals surface area contributed by atoms with Crippen LogP contribution >= 0.6 is 27.5 Å². The van der Waals surface area contributed by atoms with Gasteiger partial charge >= 0.3 is 0 Å². The van der Waals surface area contributed by atoms with Crippen LogP contribution in [0.5, 0.6) is 0 Å². The SMILES string of the molecule is NC1CCc2c(ccc(Br)c2Cl)C1. The molecule has 0 amide bonds. The zero-order valence-corrected chi connectivity index (χ0v) is 9.53. The molecule has 1 aliphatic rings. The molecular formula is C10H11BrClN. The van der Waals surface area contributed by atoms with Gasteiger partial charge in [-0.3, -0.25) is 0 Å². The summed E-state index contributed by atoms with van der Waals surface area (Å²) in [5.41, 5.74) is 8.47. The van der Waals surface area contributed by atoms with Crippen LogP contribution in [0.4, 0.5) is 0 Å². The molecule has 0 aromatic heterocycles. The van der Waals surface area contributed by atoms with Gasteiger partial charge in [0.2, 0.25) is 0 Å². The summed E-state index contributed by atoms with van der Waals surface area (Å²) in [7, 11) is 0. The number of fused-ring (bicyclic) bond motifs is 1. The molecule has 0 fully saturated rings. The highest BCUT2D eigenvalue weighted by Gasteiger charge is 2.18. The fourth-order valence-corrected chi connectivity index (χ4v) is 2.46. The van der Waals surface area contributed by atoms with E-state index in [1.54, 1.807) is 0 Å². The average Bonchev–Trinajstić information content (AvgIpc) is 2.12. The lowest BCUT2D eigenvalue weighted by atomic mass is 9.89. The smallest absolute Gasteiger partial charge is 0.0582 e. The van der Waals surface area contributed by atoms with E-state index in [4.69, 9.17) is 17.3 Å². The lowest BCUT2D eigenvalue weighted by Crippen LogP contribution is -2.27. The molecule has 70 valence electrons. The van der Waals surface area contributed by atoms with E-state index in [1.165, 1.54) is 11.1 Å². The molecule has 0 saturated heterocycles. The fraction of sp³-hybridized carbons (Fsp3) is 0.400. The van der Waals surface area contributed by atoms with Gasteiger partial charge in [0.05, 0.1) is 5.02 Å². The van der Waals surface area contributed by atoms with E-state index in [0.29, 0.717) is 6.04 Å². The summed E-state index contributed by atoms with van der Waals surface area (Å²) in [6.45, 7) is 0. The van der Waals surface area contributed by atoms with Gasteiger partial charge in [-0.15, -0.1) is 0 Å². The Morgan fingerprint density at radius 2 is 2.23 bits per heavy atom. The maximum Gasteiger partial charge on any atom is 0.0582 e. The largest absolute Gasteiger partial charge is 0.327 e. The van der Waals surface area contributed by atoms with Crippen molar-refractivity contribution in [3.05, 3.63) is 32.8 Å². The van der Waals surface area contributed by atoms with Gasteiger partial charge in [-0.2, -0.15) is 0 Å². The average molecular weight is 261 g/mol. The van der Waals surface area contributed by atoms with E-state index in [1.807, 2.05) is 6.07 Å². The first-order valence-electron chi connectivity index (χ1n) is 4.40. The minimum absolute atomic E-state index is 0.310. The third kappa shape index (κ3) is 1.76. The van der Waals surface area contributed by atoms with Gasteiger partial charge in [0, 0.05) is 10.5 Å². The van der Waals surface area contributed by atoms with Gasteiger partial charge in [-0.25, -0.2) is 0 Å². The Morgan fingerprint density at radius 3 is 3.00 bits per heavy atom. The molecule has 3 heteroatoms. The van der Waals surface area contributed by atoms with Gasteiger partial charge in [0.1, 0.15) is 0 Å². The highest BCUT2D eigenvalue weighted by molar-refractivity contribution is 9.10. The third-order valence-electron chi connectivity index (χ3n) is 2.54. The molecule has 1 aliphatic carbocycles. The van der Waals surface area contributed by atoms with E-state index in [9.17, 15) is 0 Å². The van der Waals surface area contributed by atoms with Crippen LogP contribution < -0.4 is 5.73 Å². The Hall–Kier alpha value is -0.0500. The van der Waals surface area contributed by atoms with Crippen molar-refractivity contribution in [3.63, 3.8) is 0 Å². The molecule has 2 rings (SSSR count). The lowest BCUT2D eigenvalue weighted by molar-refractivity contribution is 0.576. The Bertz CT molecular complexity index is 338. The van der Waals surface area contributed by atoms with Crippen molar-refractivity contribution in [2.24, 2.45) is 5.73 Å². The summed E-state index contributed by atoms with van der Waals surface area (Å²) < 4.78 is 0.989. The second-order valence-corrected chi connectivity index (χ2v) is 4.73. The summed E-state index contributed by atoms with van der Waals surface area (Å²) in [5, 5.41) is 0.865. The minimum atomic E-state index is 0.310. The van der Waals surface area contributed by atoms with Crippen molar-refractivity contribution in [2.75, 3.05) is 0 Å². The summed E-state index contributed by atoms with van der Waals surface area (Å²) in [6.07, 6.45) is 3.01. The van der Waals surface area contributed by atoms with Crippen LogP contribution in [0.3, 0.4) is 0 Å². The predicted molar refractivity (Wildman–Crippen MR) is 59.2 cm³/mol. The van der Waals surface area contributed by atoms with Crippen molar-refractivity contribution >= 4 is 27.5 Å². The van der Waals surface area contributed by atoms with Crippen molar-refractivity contribution < 1.29 is 0 Å². The Kier molecular flexibility index (Phi) is 2.63. The second kappa shape index (κ2) is 3.60. The summed E-state index contributed by atoms with van der Waals surface area (Å²) in [6, 6.07) is 4.42. The normalized spacial score (nSPS) is 21.3. The van der Waals surface area contributed by atoms with Crippen LogP contribution in [0.1, 0.15) is 17.5 Å². The number of hydrogen-bond acceptors (Lipinski definition) is 1. The zero-order chi connectivity index (χ0) is 9.42. The monoisotopic (exact) mass is 259 g/mol. The van der Waals surface area contributed by atoms with Crippen LogP contribution in [-0.4, -0.2) is 6.04 Å². The molecule has 1 aromatic carbocycles. The van der Waals surface area contributed by atoms with Gasteiger partial charge < -0.3 is 5.73 Å². The van der Waals surface area contributed by atoms with Crippen LogP contribution in [0.25, 0.3) is 0 Å². The van der Waals surface area contributed by atoms with Crippen LogP contribution in [-0.2, 0) is 12.8 Å². The maximum atomic E-state index is 6.17. The van der Waals surface area contributed by atoms with E-state index >= 15 is 0 Å². The topological polar surface area (TPSA) is 26.0 Å². The van der Waals surface area contributed by atoms with Crippen LogP contribution in [0.15, 0.2) is 16.6 Å². The molecule has 0 aliphatic heterocycles. The molecule has 1 atom stereocenters. The summed E-state index contributed by atoms with van der Waals surface area (Å²) in [4.78, 5) is 0. The maximum absolute atomic E-state index is 6.17. The van der Waals surface area contributed by atoms with E-state index in [-0.39, 0.29) is 0 Å². The highest BCUT2D eigenvalue weighted by atomic mass is 79.9. The Labute approximate surface area is 91.4 Å². The minimum Gasteiger partial charge on any atom is -0.327 e. The van der Waals surface area contributed by atoms with Crippen molar-refractivity contribution in [3.8, 4) is 0 Å². The number of rotatable bonds is 0. The molecule has 0 saturated carbocycles. The Balaban J connectivity index is 2.47. The molecule has 1 unspecified atom stereocenters. The zero-order valence-electron chi connectivity index (χ0n) is 7.19. The number of hydrogen-bond donors (Lipinski definition) is 1. The van der Waals surface area contributed by atoms with Gasteiger partial charge in [0.25, 0.3) is 0 Å². The quantitative estimate of drug-likeness (QED) is 0.763. The number of benzene rings is 1. The van der Waals surface area contributed by atoms with Gasteiger partial charge in [0.15, 0.2) is 0 Å². The standard InChI is InChI=1S/C10H11BrClN/c11-9-4-1-6-5-7(13)2-3-8(6)10(9)12/h1,4,7H,2-3,5,13H2. The molecular weight excluding hydrogens is 249 g/mol. The van der Waals surface area contributed by atoms with E-state index in [2.05, 4.69) is 22.0 Å². The van der Waals surface area contributed by atoms with Crippen molar-refractivity contribution in [1.29, 1.82) is 0 Å². The molecule has 0 spiro atoms. The molecule has 1 nitrogen and oxygen atoms in total. The van der Waals surface area contributed by atoms with Crippen LogP contribution in [0, 0.1) is 0 Å². The molecule has 2 N–H and O–H groups in total. The van der Waals surface area contributed by atoms with Gasteiger partial charge in [-0.05, 0) is 52.4 Å². The van der Waals surface area contributed by atoms with Gasteiger partial charge in [-0.1, -0.05) is 17.7 Å². The predicted octanol–water partition coefficient (Wildman–Crippen LogP) is 2.92. The summed E-state index contributed by atoms with van der Waals surface area (Å²) >= 11 is 9.60.